The molecule has 0 saturated heterocycles. The van der Waals surface area contributed by atoms with Crippen molar-refractivity contribution < 1.29 is 52.7 Å². The molecule has 0 radical (unpaired) electrons. The normalized spacial score (nSPS) is 12.4. The highest BCUT2D eigenvalue weighted by molar-refractivity contribution is 6.13. The molecule has 2 aromatic heterocycles. The third-order valence-electron chi connectivity index (χ3n) is 15.9. The Balaban J connectivity index is 1.11. The Labute approximate surface area is 483 Å². The van der Waals surface area contributed by atoms with Gasteiger partial charge < -0.3 is 9.13 Å². The van der Waals surface area contributed by atoms with Gasteiger partial charge in [-0.2, -0.15) is 63.2 Å². The first-order chi connectivity index (χ1) is 40.7. The summed E-state index contributed by atoms with van der Waals surface area (Å²) in [6.07, 6.45) is -18.7. The van der Waals surface area contributed by atoms with Crippen molar-refractivity contribution in [2.45, 2.75) is 52.4 Å². The van der Waals surface area contributed by atoms with E-state index in [4.69, 9.17) is 0 Å². The molecule has 12 aromatic rings. The lowest BCUT2D eigenvalue weighted by Gasteiger charge is -2.17. The largest absolute Gasteiger partial charge is 0.417 e. The second-order valence-corrected chi connectivity index (χ2v) is 21.4. The monoisotopic (exact) mass is 1170 g/mol. The van der Waals surface area contributed by atoms with Crippen molar-refractivity contribution in [1.82, 2.24) is 9.13 Å². The van der Waals surface area contributed by atoms with Crippen molar-refractivity contribution in [3.8, 4) is 79.1 Å². The Morgan fingerprint density at radius 1 is 0.302 bits per heavy atom. The van der Waals surface area contributed by atoms with Gasteiger partial charge in [0.1, 0.15) is 0 Å². The smallest absolute Gasteiger partial charge is 0.309 e. The summed E-state index contributed by atoms with van der Waals surface area (Å²) in [7, 11) is 0. The van der Waals surface area contributed by atoms with Crippen molar-refractivity contribution in [3.63, 3.8) is 0 Å². The maximum absolute atomic E-state index is 14.8. The maximum atomic E-state index is 14.8. The van der Waals surface area contributed by atoms with Gasteiger partial charge in [0.05, 0.1) is 67.6 Å². The Morgan fingerprint density at radius 3 is 0.907 bits per heavy atom. The quantitative estimate of drug-likeness (QED) is 0.149. The molecule has 0 fully saturated rings. The van der Waals surface area contributed by atoms with Crippen molar-refractivity contribution >= 4 is 43.6 Å². The number of aryl methyl sites for hydroxylation is 4. The van der Waals surface area contributed by atoms with Gasteiger partial charge in [-0.1, -0.05) is 96.1 Å². The second kappa shape index (κ2) is 20.3. The number of aromatic nitrogens is 2. The Kier molecular flexibility index (Phi) is 13.3. The summed E-state index contributed by atoms with van der Waals surface area (Å²) < 4.78 is 176. The Bertz CT molecular complexity index is 4590. The average Bonchev–Trinajstić information content (AvgIpc) is 1.67. The van der Waals surface area contributed by atoms with Crippen molar-refractivity contribution in [1.29, 1.82) is 10.5 Å². The number of benzene rings is 10. The molecule has 2 heterocycles. The van der Waals surface area contributed by atoms with Crippen molar-refractivity contribution in [2.24, 2.45) is 0 Å². The van der Waals surface area contributed by atoms with E-state index < -0.39 is 47.0 Å². The molecule has 0 saturated carbocycles. The SMILES string of the molecule is Cc1ccc(-c2ccc3c4ccc(-c5ccc(C(F)(F)F)cc5C)cc4n(-c4ccc(C#N)c(-c5cc(-n6c7cc(-c8ccc(C(F)(F)F)cc8C)ccc7c7ccc(-c8ccc(C)cc8C(F)(F)F)cc76)ccc5C#N)c4)c3c2)c(C(F)(F)F)c1. The van der Waals surface area contributed by atoms with Gasteiger partial charge in [-0.25, -0.2) is 0 Å². The van der Waals surface area contributed by atoms with E-state index >= 15 is 0 Å². The van der Waals surface area contributed by atoms with E-state index in [2.05, 4.69) is 12.1 Å². The van der Waals surface area contributed by atoms with Crippen LogP contribution in [0.1, 0.15) is 55.6 Å². The zero-order valence-electron chi connectivity index (χ0n) is 45.6. The van der Waals surface area contributed by atoms with Gasteiger partial charge in [-0.05, 0) is 180 Å². The van der Waals surface area contributed by atoms with E-state index in [0.717, 1.165) is 36.4 Å². The van der Waals surface area contributed by atoms with E-state index in [1.54, 1.807) is 146 Å². The van der Waals surface area contributed by atoms with Crippen molar-refractivity contribution in [3.05, 3.63) is 238 Å². The van der Waals surface area contributed by atoms with Crippen LogP contribution < -0.4 is 0 Å². The van der Waals surface area contributed by atoms with Crippen LogP contribution in [-0.2, 0) is 24.7 Å². The fraction of sp³-hybridized carbons (Fsp3) is 0.114. The Morgan fingerprint density at radius 2 is 0.616 bits per heavy atom. The minimum absolute atomic E-state index is 0.0861. The van der Waals surface area contributed by atoms with Crippen LogP contribution in [0.25, 0.3) is 111 Å². The van der Waals surface area contributed by atoms with E-state index in [0.29, 0.717) is 99.5 Å². The lowest BCUT2D eigenvalue weighted by molar-refractivity contribution is -0.138. The molecule has 10 aromatic carbocycles. The minimum atomic E-state index is -4.74. The summed E-state index contributed by atoms with van der Waals surface area (Å²) in [4.78, 5) is 0. The molecule has 12 rings (SSSR count). The molecular formula is C70H42F12N4. The number of rotatable bonds is 7. The highest BCUT2D eigenvalue weighted by Crippen LogP contribution is 2.46. The van der Waals surface area contributed by atoms with Gasteiger partial charge in [0.15, 0.2) is 0 Å². The minimum Gasteiger partial charge on any atom is -0.309 e. The molecule has 0 amide bonds. The Hall–Kier alpha value is -10.1. The first-order valence-electron chi connectivity index (χ1n) is 26.7. The summed E-state index contributed by atoms with van der Waals surface area (Å²) in [5, 5.41) is 24.2. The number of nitrogens with zero attached hydrogens (tertiary/aromatic N) is 4. The molecule has 0 spiro atoms. The molecule has 86 heavy (non-hydrogen) atoms. The van der Waals surface area contributed by atoms with Crippen LogP contribution in [0.5, 0.6) is 0 Å². The highest BCUT2D eigenvalue weighted by Gasteiger charge is 2.36. The molecule has 426 valence electrons. The number of nitriles is 2. The highest BCUT2D eigenvalue weighted by atomic mass is 19.4. The number of halogens is 12. The van der Waals surface area contributed by atoms with Crippen LogP contribution in [0.15, 0.2) is 182 Å². The summed E-state index contributed by atoms with van der Waals surface area (Å²) in [5.74, 6) is 0. The predicted molar refractivity (Wildman–Crippen MR) is 311 cm³/mol. The van der Waals surface area contributed by atoms with E-state index in [1.165, 1.54) is 36.4 Å². The number of alkyl halides is 12. The topological polar surface area (TPSA) is 57.4 Å². The molecule has 0 atom stereocenters. The molecule has 0 aliphatic carbocycles. The van der Waals surface area contributed by atoms with E-state index in [1.807, 2.05) is 0 Å². The second-order valence-electron chi connectivity index (χ2n) is 21.4. The van der Waals surface area contributed by atoms with Crippen LogP contribution in [0, 0.1) is 50.4 Å². The fourth-order valence-corrected chi connectivity index (χ4v) is 11.9. The first kappa shape index (κ1) is 56.4. The van der Waals surface area contributed by atoms with Crippen LogP contribution >= 0.6 is 0 Å². The van der Waals surface area contributed by atoms with E-state index in [9.17, 15) is 63.2 Å². The molecular weight excluding hydrogens is 1120 g/mol. The first-order valence-corrected chi connectivity index (χ1v) is 26.7. The molecule has 4 nitrogen and oxygen atoms in total. The van der Waals surface area contributed by atoms with Crippen molar-refractivity contribution in [2.75, 3.05) is 0 Å². The third kappa shape index (κ3) is 9.84. The number of fused-ring (bicyclic) bond motifs is 6. The van der Waals surface area contributed by atoms with Gasteiger partial charge in [-0.15, -0.1) is 0 Å². The standard InChI is InChI=1S/C70H42F12N4/c1-37-5-17-53(61(25-37)69(77,78)79)43-11-21-57-55-19-9-41(51-23-13-47(27-39(51)3)67(71,72)73)29-63(55)85(65(57)31-43)49-15-7-45(35-83)59(33-49)60-34-50(16-8-46(60)36-84)86-64-30-42(52-24-14-48(28-40(52)4)68(74,75)76)10-20-56(64)58-22-12-44(32-66(58)86)54-18-6-38(2)26-62(54)70(80,81)82/h5-34H,1-4H3. The summed E-state index contributed by atoms with van der Waals surface area (Å²) in [6.45, 7) is 6.21. The van der Waals surface area contributed by atoms with Gasteiger partial charge in [-0.3, -0.25) is 0 Å². The van der Waals surface area contributed by atoms with Crippen LogP contribution in [0.3, 0.4) is 0 Å². The summed E-state index contributed by atoms with van der Waals surface area (Å²) in [5.41, 5.74) is 3.35. The van der Waals surface area contributed by atoms with Gasteiger partial charge in [0.25, 0.3) is 0 Å². The summed E-state index contributed by atoms with van der Waals surface area (Å²) >= 11 is 0. The fourth-order valence-electron chi connectivity index (χ4n) is 11.9. The molecule has 0 aliphatic rings. The van der Waals surface area contributed by atoms with E-state index in [-0.39, 0.29) is 44.5 Å². The van der Waals surface area contributed by atoms with Gasteiger partial charge >= 0.3 is 24.7 Å². The van der Waals surface area contributed by atoms with Crippen LogP contribution in [0.2, 0.25) is 0 Å². The number of hydrogen-bond donors (Lipinski definition) is 0. The van der Waals surface area contributed by atoms with Crippen LogP contribution in [-0.4, -0.2) is 9.13 Å². The lowest BCUT2D eigenvalue weighted by atomic mass is 9.94. The van der Waals surface area contributed by atoms with Gasteiger partial charge in [0, 0.05) is 44.0 Å². The molecule has 0 aliphatic heterocycles. The third-order valence-corrected chi connectivity index (χ3v) is 15.9. The molecule has 0 N–H and O–H groups in total. The number of hydrogen-bond acceptors (Lipinski definition) is 2. The zero-order valence-corrected chi connectivity index (χ0v) is 45.6. The average molecular weight is 1170 g/mol. The van der Waals surface area contributed by atoms with Gasteiger partial charge in [0.2, 0.25) is 0 Å². The molecule has 0 bridgehead atoms. The maximum Gasteiger partial charge on any atom is 0.417 e. The van der Waals surface area contributed by atoms with Crippen LogP contribution in [0.4, 0.5) is 52.7 Å². The molecule has 16 heteroatoms. The zero-order chi connectivity index (χ0) is 61.1. The summed E-state index contributed by atoms with van der Waals surface area (Å²) in [6, 6.07) is 49.3. The lowest BCUT2D eigenvalue weighted by Crippen LogP contribution is -2.07. The molecule has 0 unspecified atom stereocenters. The predicted octanol–water partition coefficient (Wildman–Crippen LogP) is 21.3.